The highest BCUT2D eigenvalue weighted by Gasteiger charge is 2.22. The first-order valence-electron chi connectivity index (χ1n) is 3.91. The zero-order chi connectivity index (χ0) is 9.35. The summed E-state index contributed by atoms with van der Waals surface area (Å²) in [6, 6.07) is 2.02. The van der Waals surface area contributed by atoms with Crippen LogP contribution in [0.25, 0.3) is 0 Å². The van der Waals surface area contributed by atoms with Crippen molar-refractivity contribution in [3.8, 4) is 0 Å². The quantitative estimate of drug-likeness (QED) is 0.697. The molecule has 1 aromatic rings. The molecule has 0 aliphatic carbocycles. The van der Waals surface area contributed by atoms with E-state index in [1.807, 2.05) is 19.9 Å². The number of aryl methyl sites for hydroxylation is 2. The maximum atomic E-state index is 9.88. The van der Waals surface area contributed by atoms with Crippen LogP contribution in [0.1, 0.15) is 22.2 Å². The van der Waals surface area contributed by atoms with Gasteiger partial charge in [0.05, 0.1) is 0 Å². The molecule has 1 N–H and O–H groups in total. The van der Waals surface area contributed by atoms with Gasteiger partial charge in [0.1, 0.15) is 5.60 Å². The lowest BCUT2D eigenvalue weighted by Crippen LogP contribution is -2.17. The Morgan fingerprint density at radius 3 is 2.50 bits per heavy atom. The zero-order valence-corrected chi connectivity index (χ0v) is 8.53. The summed E-state index contributed by atoms with van der Waals surface area (Å²) in [5, 5.41) is 9.88. The molecule has 0 bridgehead atoms. The zero-order valence-electron chi connectivity index (χ0n) is 7.72. The minimum Gasteiger partial charge on any atom is -0.381 e. The summed E-state index contributed by atoms with van der Waals surface area (Å²) in [5.41, 5.74) is 0.0921. The molecular weight excluding hydrogens is 168 g/mol. The van der Waals surface area contributed by atoms with E-state index in [4.69, 9.17) is 0 Å². The third kappa shape index (κ3) is 1.59. The Balaban J connectivity index is 3.18. The maximum absolute atomic E-state index is 9.88. The fraction of sp³-hybridized carbons (Fsp3) is 0.400. The minimum atomic E-state index is -0.880. The Hall–Kier alpha value is -0.600. The fourth-order valence-corrected chi connectivity index (χ4v) is 2.28. The summed E-state index contributed by atoms with van der Waals surface area (Å²) >= 11 is 1.70. The molecule has 0 saturated carbocycles. The van der Waals surface area contributed by atoms with E-state index in [-0.39, 0.29) is 0 Å². The molecule has 1 atom stereocenters. The molecule has 66 valence electrons. The van der Waals surface area contributed by atoms with Crippen LogP contribution in [0.3, 0.4) is 0 Å². The van der Waals surface area contributed by atoms with Crippen LogP contribution in [-0.2, 0) is 5.60 Å². The van der Waals surface area contributed by atoms with Gasteiger partial charge in [-0.3, -0.25) is 0 Å². The Kier molecular flexibility index (Phi) is 2.40. The molecule has 0 fully saturated rings. The van der Waals surface area contributed by atoms with Gasteiger partial charge in [-0.05, 0) is 26.8 Å². The molecule has 1 heterocycles. The van der Waals surface area contributed by atoms with Gasteiger partial charge in [0.15, 0.2) is 0 Å². The van der Waals surface area contributed by atoms with E-state index >= 15 is 0 Å². The number of hydrogen-bond acceptors (Lipinski definition) is 2. The molecule has 0 spiro atoms. The maximum Gasteiger partial charge on any atom is 0.106 e. The predicted molar refractivity (Wildman–Crippen MR) is 53.6 cm³/mol. The van der Waals surface area contributed by atoms with Crippen molar-refractivity contribution in [3.05, 3.63) is 34.0 Å². The molecule has 0 radical (unpaired) electrons. The van der Waals surface area contributed by atoms with Crippen molar-refractivity contribution in [3.63, 3.8) is 0 Å². The molecule has 0 aliphatic heterocycles. The Morgan fingerprint density at radius 1 is 1.58 bits per heavy atom. The van der Waals surface area contributed by atoms with Gasteiger partial charge in [0.25, 0.3) is 0 Å². The van der Waals surface area contributed by atoms with Crippen LogP contribution in [0.15, 0.2) is 18.7 Å². The van der Waals surface area contributed by atoms with Crippen LogP contribution in [0, 0.1) is 13.8 Å². The third-order valence-electron chi connectivity index (χ3n) is 1.98. The van der Waals surface area contributed by atoms with Gasteiger partial charge in [-0.2, -0.15) is 0 Å². The predicted octanol–water partition coefficient (Wildman–Crippen LogP) is 2.76. The number of thiophene rings is 1. The Morgan fingerprint density at radius 2 is 2.17 bits per heavy atom. The second-order valence-electron chi connectivity index (χ2n) is 3.18. The average molecular weight is 182 g/mol. The highest BCUT2D eigenvalue weighted by Crippen LogP contribution is 2.30. The fourth-order valence-electron chi connectivity index (χ4n) is 1.24. The number of rotatable bonds is 2. The molecule has 0 aliphatic rings. The van der Waals surface area contributed by atoms with E-state index in [0.29, 0.717) is 0 Å². The largest absolute Gasteiger partial charge is 0.381 e. The molecule has 1 nitrogen and oxygen atoms in total. The SMILES string of the molecule is C=CC(C)(O)c1cc(C)sc1C. The minimum absolute atomic E-state index is 0.880. The molecule has 2 heteroatoms. The van der Waals surface area contributed by atoms with Crippen LogP contribution < -0.4 is 0 Å². The average Bonchev–Trinajstić information content (AvgIpc) is 2.31. The lowest BCUT2D eigenvalue weighted by Gasteiger charge is -2.18. The van der Waals surface area contributed by atoms with Gasteiger partial charge >= 0.3 is 0 Å². The third-order valence-corrected chi connectivity index (χ3v) is 2.95. The van der Waals surface area contributed by atoms with Gasteiger partial charge in [0, 0.05) is 15.3 Å². The first-order valence-corrected chi connectivity index (χ1v) is 4.72. The van der Waals surface area contributed by atoms with E-state index in [9.17, 15) is 5.11 Å². The lowest BCUT2D eigenvalue weighted by molar-refractivity contribution is 0.111. The van der Waals surface area contributed by atoms with E-state index in [0.717, 1.165) is 10.4 Å². The van der Waals surface area contributed by atoms with Crippen molar-refractivity contribution in [1.29, 1.82) is 0 Å². The smallest absolute Gasteiger partial charge is 0.106 e. The molecule has 1 aromatic heterocycles. The number of aliphatic hydroxyl groups is 1. The standard InChI is InChI=1S/C10H14OS/c1-5-10(4,11)9-6-7(2)12-8(9)3/h5-6,11H,1H2,2-4H3. The summed E-state index contributed by atoms with van der Waals surface area (Å²) in [7, 11) is 0. The Labute approximate surface area is 77.4 Å². The lowest BCUT2D eigenvalue weighted by atomic mass is 9.97. The molecular formula is C10H14OS. The molecule has 12 heavy (non-hydrogen) atoms. The summed E-state index contributed by atoms with van der Waals surface area (Å²) in [6.45, 7) is 9.43. The normalized spacial score (nSPS) is 15.7. The van der Waals surface area contributed by atoms with Crippen LogP contribution in [0.4, 0.5) is 0 Å². The van der Waals surface area contributed by atoms with E-state index in [1.165, 1.54) is 4.88 Å². The van der Waals surface area contributed by atoms with E-state index in [2.05, 4.69) is 6.58 Å². The van der Waals surface area contributed by atoms with Crippen molar-refractivity contribution in [2.45, 2.75) is 26.4 Å². The second kappa shape index (κ2) is 3.04. The van der Waals surface area contributed by atoms with Crippen LogP contribution in [-0.4, -0.2) is 5.11 Å². The van der Waals surface area contributed by atoms with Gasteiger partial charge in [-0.1, -0.05) is 12.7 Å². The summed E-state index contributed by atoms with van der Waals surface area (Å²) < 4.78 is 0. The van der Waals surface area contributed by atoms with Crippen molar-refractivity contribution in [2.24, 2.45) is 0 Å². The van der Waals surface area contributed by atoms with Crippen molar-refractivity contribution < 1.29 is 5.11 Å². The highest BCUT2D eigenvalue weighted by atomic mass is 32.1. The Bertz CT molecular complexity index is 297. The van der Waals surface area contributed by atoms with Crippen LogP contribution >= 0.6 is 11.3 Å². The van der Waals surface area contributed by atoms with Crippen LogP contribution in [0.2, 0.25) is 0 Å². The van der Waals surface area contributed by atoms with Crippen LogP contribution in [0.5, 0.6) is 0 Å². The molecule has 0 amide bonds. The monoisotopic (exact) mass is 182 g/mol. The van der Waals surface area contributed by atoms with E-state index in [1.54, 1.807) is 24.3 Å². The molecule has 1 rings (SSSR count). The summed E-state index contributed by atoms with van der Waals surface area (Å²) in [5.74, 6) is 0. The summed E-state index contributed by atoms with van der Waals surface area (Å²) in [4.78, 5) is 2.39. The van der Waals surface area contributed by atoms with Gasteiger partial charge in [-0.15, -0.1) is 11.3 Å². The van der Waals surface area contributed by atoms with Gasteiger partial charge in [0.2, 0.25) is 0 Å². The first-order chi connectivity index (χ1) is 5.47. The highest BCUT2D eigenvalue weighted by molar-refractivity contribution is 7.12. The van der Waals surface area contributed by atoms with Gasteiger partial charge < -0.3 is 5.11 Å². The topological polar surface area (TPSA) is 20.2 Å². The van der Waals surface area contributed by atoms with E-state index < -0.39 is 5.60 Å². The van der Waals surface area contributed by atoms with Crippen molar-refractivity contribution in [2.75, 3.05) is 0 Å². The molecule has 0 aromatic carbocycles. The number of hydrogen-bond donors (Lipinski definition) is 1. The molecule has 1 unspecified atom stereocenters. The molecule has 0 saturated heterocycles. The first kappa shape index (κ1) is 9.49. The second-order valence-corrected chi connectivity index (χ2v) is 4.64. The van der Waals surface area contributed by atoms with Gasteiger partial charge in [-0.25, -0.2) is 0 Å². The van der Waals surface area contributed by atoms with Crippen molar-refractivity contribution in [1.82, 2.24) is 0 Å². The van der Waals surface area contributed by atoms with Crippen molar-refractivity contribution >= 4 is 11.3 Å². The summed E-state index contributed by atoms with van der Waals surface area (Å²) in [6.07, 6.45) is 1.57.